The molecule has 1 heterocycles. The van der Waals surface area contributed by atoms with E-state index in [4.69, 9.17) is 10.5 Å². The molecule has 3 N–H and O–H groups in total. The van der Waals surface area contributed by atoms with Gasteiger partial charge in [0.1, 0.15) is 0 Å². The van der Waals surface area contributed by atoms with E-state index in [0.717, 1.165) is 25.7 Å². The number of carbonyl (C=O) groups is 1. The maximum Gasteiger partial charge on any atom is 0.308 e. The van der Waals surface area contributed by atoms with Crippen molar-refractivity contribution in [2.45, 2.75) is 44.6 Å². The van der Waals surface area contributed by atoms with Crippen LogP contribution >= 0.6 is 12.4 Å². The molecule has 0 aromatic carbocycles. The minimum absolute atomic E-state index is 0. The largest absolute Gasteiger partial charge is 0.469 e. The Balaban J connectivity index is 0.00000264. The highest BCUT2D eigenvalue weighted by atomic mass is 35.5. The summed E-state index contributed by atoms with van der Waals surface area (Å²) in [7, 11) is -2.14. The summed E-state index contributed by atoms with van der Waals surface area (Å²) in [5.41, 5.74) is 5.76. The molecule has 1 saturated carbocycles. The first-order chi connectivity index (χ1) is 10.5. The van der Waals surface area contributed by atoms with E-state index >= 15 is 0 Å². The van der Waals surface area contributed by atoms with Gasteiger partial charge in [0.15, 0.2) is 0 Å². The van der Waals surface area contributed by atoms with Crippen molar-refractivity contribution in [1.82, 2.24) is 9.03 Å². The number of halogens is 1. The molecule has 2 fully saturated rings. The Kier molecular flexibility index (Phi) is 8.23. The standard InChI is InChI=1S/C14H27N3O4S.ClH/c1-21-14(18)11-6-8-17(9-7-11)22(19,20)16-13-5-3-2-4-12(13)10-15;/h11-13,16H,2-10,15H2,1H3;1H. The lowest BCUT2D eigenvalue weighted by Crippen LogP contribution is -2.52. The van der Waals surface area contributed by atoms with Gasteiger partial charge in [0, 0.05) is 19.1 Å². The maximum absolute atomic E-state index is 12.5. The Bertz CT molecular complexity index is 480. The van der Waals surface area contributed by atoms with Gasteiger partial charge in [0.2, 0.25) is 0 Å². The van der Waals surface area contributed by atoms with Gasteiger partial charge in [-0.2, -0.15) is 17.4 Å². The van der Waals surface area contributed by atoms with Crippen LogP contribution in [0.1, 0.15) is 38.5 Å². The molecule has 2 rings (SSSR count). The summed E-state index contributed by atoms with van der Waals surface area (Å²) >= 11 is 0. The lowest BCUT2D eigenvalue weighted by molar-refractivity contribution is -0.146. The van der Waals surface area contributed by atoms with E-state index < -0.39 is 10.2 Å². The van der Waals surface area contributed by atoms with Crippen LogP contribution in [0.25, 0.3) is 0 Å². The maximum atomic E-state index is 12.5. The third-order valence-electron chi connectivity index (χ3n) is 4.84. The molecule has 2 unspecified atom stereocenters. The van der Waals surface area contributed by atoms with E-state index in [1.807, 2.05) is 0 Å². The first kappa shape index (κ1) is 20.6. The summed E-state index contributed by atoms with van der Waals surface area (Å²) in [6, 6.07) is -0.0675. The number of carbonyl (C=O) groups excluding carboxylic acids is 1. The Morgan fingerprint density at radius 1 is 1.22 bits per heavy atom. The van der Waals surface area contributed by atoms with Crippen molar-refractivity contribution in [2.75, 3.05) is 26.7 Å². The van der Waals surface area contributed by atoms with E-state index in [9.17, 15) is 13.2 Å². The zero-order chi connectivity index (χ0) is 16.2. The molecule has 0 aromatic heterocycles. The van der Waals surface area contributed by atoms with Gasteiger partial charge >= 0.3 is 5.97 Å². The topological polar surface area (TPSA) is 102 Å². The van der Waals surface area contributed by atoms with Crippen molar-refractivity contribution in [3.8, 4) is 0 Å². The number of nitrogens with zero attached hydrogens (tertiary/aromatic N) is 1. The lowest BCUT2D eigenvalue weighted by atomic mass is 9.85. The van der Waals surface area contributed by atoms with Gasteiger partial charge in [-0.1, -0.05) is 12.8 Å². The first-order valence-electron chi connectivity index (χ1n) is 8.03. The average molecular weight is 370 g/mol. The van der Waals surface area contributed by atoms with Crippen LogP contribution in [0, 0.1) is 11.8 Å². The van der Waals surface area contributed by atoms with Crippen LogP contribution in [-0.4, -0.2) is 51.5 Å². The Hall–Kier alpha value is -0.410. The van der Waals surface area contributed by atoms with Gasteiger partial charge in [0.25, 0.3) is 10.2 Å². The van der Waals surface area contributed by atoms with Gasteiger partial charge in [-0.05, 0) is 38.1 Å². The van der Waals surface area contributed by atoms with Gasteiger partial charge in [-0.25, -0.2) is 0 Å². The fourth-order valence-corrected chi connectivity index (χ4v) is 4.94. The Morgan fingerprint density at radius 3 is 2.39 bits per heavy atom. The van der Waals surface area contributed by atoms with Crippen molar-refractivity contribution >= 4 is 28.6 Å². The molecule has 2 aliphatic rings. The van der Waals surface area contributed by atoms with E-state index in [0.29, 0.717) is 32.5 Å². The quantitative estimate of drug-likeness (QED) is 0.692. The molecule has 0 amide bonds. The highest BCUT2D eigenvalue weighted by Gasteiger charge is 2.34. The van der Waals surface area contributed by atoms with Crippen molar-refractivity contribution in [1.29, 1.82) is 0 Å². The monoisotopic (exact) mass is 369 g/mol. The fourth-order valence-electron chi connectivity index (χ4n) is 3.41. The predicted molar refractivity (Wildman–Crippen MR) is 90.4 cm³/mol. The summed E-state index contributed by atoms with van der Waals surface area (Å²) in [6.07, 6.45) is 5.00. The van der Waals surface area contributed by atoms with E-state index in [1.165, 1.54) is 11.4 Å². The molecular weight excluding hydrogens is 342 g/mol. The number of ether oxygens (including phenoxy) is 1. The number of hydrogen-bond donors (Lipinski definition) is 2. The number of piperidine rings is 1. The van der Waals surface area contributed by atoms with Crippen LogP contribution in [0.15, 0.2) is 0 Å². The molecule has 7 nitrogen and oxygen atoms in total. The summed E-state index contributed by atoms with van der Waals surface area (Å²) < 4.78 is 34.0. The third kappa shape index (κ3) is 5.29. The van der Waals surface area contributed by atoms with Crippen LogP contribution in [0.2, 0.25) is 0 Å². The third-order valence-corrected chi connectivity index (χ3v) is 6.49. The molecule has 9 heteroatoms. The highest BCUT2D eigenvalue weighted by Crippen LogP contribution is 2.26. The molecule has 1 saturated heterocycles. The van der Waals surface area contributed by atoms with Crippen LogP contribution in [0.3, 0.4) is 0 Å². The zero-order valence-corrected chi connectivity index (χ0v) is 15.2. The molecule has 23 heavy (non-hydrogen) atoms. The summed E-state index contributed by atoms with van der Waals surface area (Å²) in [5, 5.41) is 0. The normalized spacial score (nSPS) is 27.2. The Morgan fingerprint density at radius 2 is 1.83 bits per heavy atom. The first-order valence-corrected chi connectivity index (χ1v) is 9.47. The number of rotatable bonds is 5. The second-order valence-electron chi connectivity index (χ2n) is 6.21. The smallest absolute Gasteiger partial charge is 0.308 e. The summed E-state index contributed by atoms with van der Waals surface area (Å²) in [4.78, 5) is 11.5. The lowest BCUT2D eigenvalue weighted by Gasteiger charge is -2.35. The summed E-state index contributed by atoms with van der Waals surface area (Å²) in [6.45, 7) is 1.22. The second-order valence-corrected chi connectivity index (χ2v) is 7.91. The van der Waals surface area contributed by atoms with Gasteiger partial charge in [-0.3, -0.25) is 4.79 Å². The van der Waals surface area contributed by atoms with Crippen molar-refractivity contribution < 1.29 is 17.9 Å². The number of nitrogens with one attached hydrogen (secondary N) is 1. The van der Waals surface area contributed by atoms with Crippen LogP contribution in [0.4, 0.5) is 0 Å². The van der Waals surface area contributed by atoms with E-state index in [2.05, 4.69) is 4.72 Å². The molecular formula is C14H28ClN3O4S. The number of nitrogens with two attached hydrogens (primary N) is 1. The molecule has 0 bridgehead atoms. The van der Waals surface area contributed by atoms with Crippen LogP contribution in [-0.2, 0) is 19.7 Å². The molecule has 0 aromatic rings. The number of methoxy groups -OCH3 is 1. The van der Waals surface area contributed by atoms with E-state index in [1.54, 1.807) is 0 Å². The van der Waals surface area contributed by atoms with Gasteiger partial charge < -0.3 is 10.5 Å². The average Bonchev–Trinajstić information content (AvgIpc) is 2.54. The SMILES string of the molecule is COC(=O)C1CCN(S(=O)(=O)NC2CCCCC2CN)CC1.Cl. The second kappa shape index (κ2) is 9.17. The van der Waals surface area contributed by atoms with Crippen molar-refractivity contribution in [3.05, 3.63) is 0 Å². The fraction of sp³-hybridized carbons (Fsp3) is 0.929. The minimum atomic E-state index is -3.51. The summed E-state index contributed by atoms with van der Waals surface area (Å²) in [5.74, 6) is -0.223. The van der Waals surface area contributed by atoms with Crippen LogP contribution < -0.4 is 10.5 Å². The molecule has 0 spiro atoms. The van der Waals surface area contributed by atoms with Gasteiger partial charge in [0.05, 0.1) is 13.0 Å². The Labute approximate surface area is 144 Å². The van der Waals surface area contributed by atoms with Crippen LogP contribution in [0.5, 0.6) is 0 Å². The van der Waals surface area contributed by atoms with Gasteiger partial charge in [-0.15, -0.1) is 12.4 Å². The number of hydrogen-bond acceptors (Lipinski definition) is 5. The molecule has 2 atom stereocenters. The predicted octanol–water partition coefficient (Wildman–Crippen LogP) is 0.645. The molecule has 1 aliphatic carbocycles. The minimum Gasteiger partial charge on any atom is -0.469 e. The zero-order valence-electron chi connectivity index (χ0n) is 13.6. The van der Waals surface area contributed by atoms with E-state index in [-0.39, 0.29) is 36.3 Å². The molecule has 136 valence electrons. The number of esters is 1. The van der Waals surface area contributed by atoms with Crippen molar-refractivity contribution in [3.63, 3.8) is 0 Å². The van der Waals surface area contributed by atoms with Crippen molar-refractivity contribution in [2.24, 2.45) is 17.6 Å². The highest BCUT2D eigenvalue weighted by molar-refractivity contribution is 7.87. The molecule has 0 radical (unpaired) electrons. The molecule has 1 aliphatic heterocycles.